The summed E-state index contributed by atoms with van der Waals surface area (Å²) in [6, 6.07) is 5.85. The van der Waals surface area contributed by atoms with Crippen molar-refractivity contribution in [2.24, 2.45) is 0 Å². The molecule has 0 saturated carbocycles. The molecule has 0 spiro atoms. The predicted molar refractivity (Wildman–Crippen MR) is 75.3 cm³/mol. The van der Waals surface area contributed by atoms with E-state index in [1.54, 1.807) is 12.4 Å². The summed E-state index contributed by atoms with van der Waals surface area (Å²) in [6.45, 7) is 2.85. The van der Waals surface area contributed by atoms with E-state index in [1.165, 1.54) is 5.56 Å². The topological polar surface area (TPSA) is 50.7 Å². The van der Waals surface area contributed by atoms with Crippen LogP contribution in [0.15, 0.2) is 35.2 Å². The maximum absolute atomic E-state index is 4.47. The fourth-order valence-electron chi connectivity index (χ4n) is 1.58. The van der Waals surface area contributed by atoms with E-state index < -0.39 is 0 Å². The number of hydrogen-bond donors (Lipinski definition) is 1. The molecule has 0 unspecified atom stereocenters. The van der Waals surface area contributed by atoms with Gasteiger partial charge < -0.3 is 5.32 Å². The van der Waals surface area contributed by atoms with Gasteiger partial charge in [-0.3, -0.25) is 4.98 Å². The first-order chi connectivity index (χ1) is 8.78. The number of aromatic nitrogens is 3. The van der Waals surface area contributed by atoms with E-state index >= 15 is 0 Å². The maximum Gasteiger partial charge on any atom is 0.132 e. The minimum absolute atomic E-state index is 0.734. The molecule has 0 atom stereocenters. The Morgan fingerprint density at radius 1 is 1.22 bits per heavy atom. The van der Waals surface area contributed by atoms with E-state index in [4.69, 9.17) is 0 Å². The molecule has 0 aromatic carbocycles. The molecular formula is C13H15BrN4. The summed E-state index contributed by atoms with van der Waals surface area (Å²) >= 11 is 3.41. The van der Waals surface area contributed by atoms with Gasteiger partial charge in [-0.15, -0.1) is 0 Å². The lowest BCUT2D eigenvalue weighted by Crippen LogP contribution is -2.04. The molecule has 0 aliphatic rings. The Morgan fingerprint density at radius 2 is 2.00 bits per heavy atom. The first-order valence-corrected chi connectivity index (χ1v) is 6.73. The molecule has 0 bridgehead atoms. The van der Waals surface area contributed by atoms with Crippen molar-refractivity contribution >= 4 is 21.7 Å². The molecule has 2 rings (SSSR count). The molecule has 2 heterocycles. The van der Waals surface area contributed by atoms with Crippen LogP contribution in [-0.2, 0) is 13.0 Å². The Hall–Kier alpha value is -1.49. The molecule has 2 aromatic heterocycles. The van der Waals surface area contributed by atoms with Crippen LogP contribution >= 0.6 is 15.9 Å². The largest absolute Gasteiger partial charge is 0.366 e. The van der Waals surface area contributed by atoms with Crippen LogP contribution < -0.4 is 5.32 Å². The van der Waals surface area contributed by atoms with E-state index in [0.717, 1.165) is 35.6 Å². The van der Waals surface area contributed by atoms with Crippen molar-refractivity contribution in [1.82, 2.24) is 15.0 Å². The summed E-state index contributed by atoms with van der Waals surface area (Å²) in [5.41, 5.74) is 1.18. The van der Waals surface area contributed by atoms with Gasteiger partial charge in [0.05, 0.1) is 0 Å². The third-order valence-corrected chi connectivity index (χ3v) is 2.84. The van der Waals surface area contributed by atoms with Crippen LogP contribution in [0.25, 0.3) is 0 Å². The van der Waals surface area contributed by atoms with Crippen LogP contribution in [0.5, 0.6) is 0 Å². The molecule has 0 amide bonds. The van der Waals surface area contributed by atoms with Crippen molar-refractivity contribution in [2.75, 3.05) is 5.32 Å². The summed E-state index contributed by atoms with van der Waals surface area (Å²) in [4.78, 5) is 12.8. The maximum atomic E-state index is 4.47. The van der Waals surface area contributed by atoms with Crippen LogP contribution in [0, 0.1) is 0 Å². The second kappa shape index (κ2) is 6.44. The van der Waals surface area contributed by atoms with Gasteiger partial charge in [-0.05, 0) is 40.0 Å². The highest BCUT2D eigenvalue weighted by molar-refractivity contribution is 9.10. The lowest BCUT2D eigenvalue weighted by Gasteiger charge is -2.07. The van der Waals surface area contributed by atoms with E-state index in [0.29, 0.717) is 0 Å². The fourth-order valence-corrected chi connectivity index (χ4v) is 2.01. The monoisotopic (exact) mass is 306 g/mol. The van der Waals surface area contributed by atoms with Crippen LogP contribution in [0.2, 0.25) is 0 Å². The number of rotatable bonds is 5. The summed E-state index contributed by atoms with van der Waals surface area (Å²) in [7, 11) is 0. The Bertz CT molecular complexity index is 502. The van der Waals surface area contributed by atoms with E-state index in [9.17, 15) is 0 Å². The molecular weight excluding hydrogens is 292 g/mol. The van der Waals surface area contributed by atoms with E-state index in [-0.39, 0.29) is 0 Å². The van der Waals surface area contributed by atoms with Gasteiger partial charge >= 0.3 is 0 Å². The molecule has 94 valence electrons. The van der Waals surface area contributed by atoms with Crippen LogP contribution in [0.3, 0.4) is 0 Å². The lowest BCUT2D eigenvalue weighted by atomic mass is 10.3. The van der Waals surface area contributed by atoms with Gasteiger partial charge in [0.15, 0.2) is 0 Å². The van der Waals surface area contributed by atoms with Gasteiger partial charge in [0.2, 0.25) is 0 Å². The predicted octanol–water partition coefficient (Wildman–Crippen LogP) is 3.20. The first kappa shape index (κ1) is 13.0. The molecule has 2 aromatic rings. The van der Waals surface area contributed by atoms with Crippen molar-refractivity contribution < 1.29 is 0 Å². The minimum Gasteiger partial charge on any atom is -0.366 e. The van der Waals surface area contributed by atoms with Gasteiger partial charge in [-0.1, -0.05) is 6.92 Å². The fraction of sp³-hybridized carbons (Fsp3) is 0.308. The number of pyridine rings is 1. The molecule has 1 N–H and O–H groups in total. The standard InChI is InChI=1S/C13H15BrN4/c1-2-3-12-17-11(14)8-13(18-12)16-9-10-4-6-15-7-5-10/h4-8H,2-3,9H2,1H3,(H,16,17,18). The zero-order valence-electron chi connectivity index (χ0n) is 10.2. The van der Waals surface area contributed by atoms with Crippen LogP contribution in [0.4, 0.5) is 5.82 Å². The first-order valence-electron chi connectivity index (χ1n) is 5.94. The van der Waals surface area contributed by atoms with Crippen molar-refractivity contribution in [3.05, 3.63) is 46.6 Å². The molecule has 0 aliphatic carbocycles. The zero-order valence-corrected chi connectivity index (χ0v) is 11.8. The quantitative estimate of drug-likeness (QED) is 0.862. The summed E-state index contributed by atoms with van der Waals surface area (Å²) < 4.78 is 0.818. The Kier molecular flexibility index (Phi) is 4.64. The second-order valence-electron chi connectivity index (χ2n) is 3.95. The second-order valence-corrected chi connectivity index (χ2v) is 4.76. The summed E-state index contributed by atoms with van der Waals surface area (Å²) in [6.07, 6.45) is 5.51. The van der Waals surface area contributed by atoms with Gasteiger partial charge in [0.25, 0.3) is 0 Å². The normalized spacial score (nSPS) is 10.3. The summed E-state index contributed by atoms with van der Waals surface area (Å²) in [5.74, 6) is 1.71. The average molecular weight is 307 g/mol. The molecule has 18 heavy (non-hydrogen) atoms. The molecule has 5 heteroatoms. The zero-order chi connectivity index (χ0) is 12.8. The van der Waals surface area contributed by atoms with Gasteiger partial charge in [-0.25, -0.2) is 9.97 Å². The SMILES string of the molecule is CCCc1nc(Br)cc(NCc2ccncc2)n1. The van der Waals surface area contributed by atoms with Crippen LogP contribution in [-0.4, -0.2) is 15.0 Å². The van der Waals surface area contributed by atoms with Crippen molar-refractivity contribution in [3.8, 4) is 0 Å². The van der Waals surface area contributed by atoms with Crippen molar-refractivity contribution in [2.45, 2.75) is 26.3 Å². The molecule has 0 saturated heterocycles. The van der Waals surface area contributed by atoms with Crippen molar-refractivity contribution in [1.29, 1.82) is 0 Å². The van der Waals surface area contributed by atoms with Gasteiger partial charge in [-0.2, -0.15) is 0 Å². The number of nitrogens with zero attached hydrogens (tertiary/aromatic N) is 3. The molecule has 0 fully saturated rings. The molecule has 4 nitrogen and oxygen atoms in total. The number of anilines is 1. The number of hydrogen-bond acceptors (Lipinski definition) is 4. The number of halogens is 1. The van der Waals surface area contributed by atoms with E-state index in [1.807, 2.05) is 18.2 Å². The Morgan fingerprint density at radius 3 is 2.72 bits per heavy atom. The van der Waals surface area contributed by atoms with E-state index in [2.05, 4.69) is 43.1 Å². The van der Waals surface area contributed by atoms with Gasteiger partial charge in [0.1, 0.15) is 16.2 Å². The minimum atomic E-state index is 0.734. The average Bonchev–Trinajstić information content (AvgIpc) is 2.37. The number of aryl methyl sites for hydroxylation is 1. The highest BCUT2D eigenvalue weighted by atomic mass is 79.9. The number of nitrogens with one attached hydrogen (secondary N) is 1. The molecule has 0 aliphatic heterocycles. The highest BCUT2D eigenvalue weighted by Crippen LogP contribution is 2.14. The van der Waals surface area contributed by atoms with Crippen LogP contribution in [0.1, 0.15) is 24.7 Å². The lowest BCUT2D eigenvalue weighted by molar-refractivity contribution is 0.828. The Balaban J connectivity index is 2.05. The third kappa shape index (κ3) is 3.77. The highest BCUT2D eigenvalue weighted by Gasteiger charge is 2.02. The molecule has 0 radical (unpaired) electrons. The smallest absolute Gasteiger partial charge is 0.132 e. The van der Waals surface area contributed by atoms with Gasteiger partial charge in [0, 0.05) is 31.4 Å². The third-order valence-electron chi connectivity index (χ3n) is 2.44. The summed E-state index contributed by atoms with van der Waals surface area (Å²) in [5, 5.41) is 3.29. The van der Waals surface area contributed by atoms with Crippen molar-refractivity contribution in [3.63, 3.8) is 0 Å². The Labute approximate surface area is 115 Å².